The van der Waals surface area contributed by atoms with Crippen molar-refractivity contribution >= 4 is 51.5 Å². The van der Waals surface area contributed by atoms with Crippen molar-refractivity contribution in [2.75, 3.05) is 18.0 Å². The number of carbonyl (C=O) groups excluding carboxylic acids is 1. The van der Waals surface area contributed by atoms with Crippen molar-refractivity contribution in [3.63, 3.8) is 0 Å². The summed E-state index contributed by atoms with van der Waals surface area (Å²) in [4.78, 5) is 42.3. The van der Waals surface area contributed by atoms with E-state index in [0.29, 0.717) is 46.7 Å². The summed E-state index contributed by atoms with van der Waals surface area (Å²) in [6.07, 6.45) is 5.19. The van der Waals surface area contributed by atoms with Crippen LogP contribution >= 0.6 is 34.5 Å². The normalized spacial score (nSPS) is 18.6. The fraction of sp³-hybridized carbons (Fsp3) is 0.350. The molecule has 1 saturated heterocycles. The molecular formula is C20H20Cl2N6O3S. The van der Waals surface area contributed by atoms with Gasteiger partial charge in [0.2, 0.25) is 0 Å². The summed E-state index contributed by atoms with van der Waals surface area (Å²) in [5.41, 5.74) is 1.62. The molecule has 32 heavy (non-hydrogen) atoms. The first-order valence-corrected chi connectivity index (χ1v) is 11.4. The van der Waals surface area contributed by atoms with Gasteiger partial charge in [-0.25, -0.2) is 9.78 Å². The standard InChI is InChI=1S/C20H20Cl2N6O3S/c1-9-8-28(6-3-11(9)26-18(29)16-14(22)13(21)10(2)25-16)20-27-15(17(32-20)19(30)31)12-7-23-4-5-24-12/h4-5,7,9,11,25H,3,6,8H2,1-2H3,(H,26,29)(H,30,31)/t9-,11+/m0/s1. The SMILES string of the molecule is Cc1[nH]c(C(=O)N[C@@H]2CCN(c3nc(-c4cnccn4)c(C(=O)O)s3)C[C@@H]2C)c(Cl)c1Cl. The van der Waals surface area contributed by atoms with Crippen molar-refractivity contribution in [1.29, 1.82) is 0 Å². The number of H-pyrrole nitrogens is 1. The molecule has 0 spiro atoms. The molecule has 4 rings (SSSR count). The van der Waals surface area contributed by atoms with E-state index in [-0.39, 0.29) is 33.5 Å². The lowest BCUT2D eigenvalue weighted by Gasteiger charge is -2.37. The Hall–Kier alpha value is -2.69. The maximum atomic E-state index is 12.7. The number of aryl methyl sites for hydroxylation is 1. The molecule has 1 aliphatic rings. The van der Waals surface area contributed by atoms with Gasteiger partial charge in [0.15, 0.2) is 5.13 Å². The zero-order chi connectivity index (χ0) is 23.0. The van der Waals surface area contributed by atoms with Gasteiger partial charge in [0.1, 0.15) is 22.0 Å². The quantitative estimate of drug-likeness (QED) is 0.491. The minimum Gasteiger partial charge on any atom is -0.477 e. The highest BCUT2D eigenvalue weighted by Crippen LogP contribution is 2.34. The van der Waals surface area contributed by atoms with Crippen molar-refractivity contribution in [2.45, 2.75) is 26.3 Å². The summed E-state index contributed by atoms with van der Waals surface area (Å²) in [5.74, 6) is -1.26. The Labute approximate surface area is 197 Å². The molecule has 3 N–H and O–H groups in total. The van der Waals surface area contributed by atoms with Gasteiger partial charge in [-0.15, -0.1) is 0 Å². The van der Waals surface area contributed by atoms with E-state index in [1.807, 2.05) is 11.8 Å². The maximum Gasteiger partial charge on any atom is 0.348 e. The summed E-state index contributed by atoms with van der Waals surface area (Å²) in [7, 11) is 0. The summed E-state index contributed by atoms with van der Waals surface area (Å²) in [5, 5.41) is 13.8. The number of carboxylic acids is 1. The summed E-state index contributed by atoms with van der Waals surface area (Å²) in [6.45, 7) is 5.00. The van der Waals surface area contributed by atoms with Crippen LogP contribution in [0.25, 0.3) is 11.4 Å². The zero-order valence-electron chi connectivity index (χ0n) is 17.2. The molecule has 0 radical (unpaired) electrons. The van der Waals surface area contributed by atoms with Crippen molar-refractivity contribution < 1.29 is 14.7 Å². The number of aromatic carboxylic acids is 1. The number of thiazole rings is 1. The minimum absolute atomic E-state index is 0.0736. The fourth-order valence-corrected chi connectivity index (χ4v) is 5.05. The average molecular weight is 495 g/mol. The molecule has 3 aromatic heterocycles. The van der Waals surface area contributed by atoms with Crippen LogP contribution in [0.1, 0.15) is 39.2 Å². The number of halogens is 2. The molecule has 0 bridgehead atoms. The van der Waals surface area contributed by atoms with Crippen LogP contribution in [0.5, 0.6) is 0 Å². The van der Waals surface area contributed by atoms with Gasteiger partial charge in [-0.2, -0.15) is 0 Å². The zero-order valence-corrected chi connectivity index (χ0v) is 19.6. The Morgan fingerprint density at radius 3 is 2.69 bits per heavy atom. The number of amides is 1. The Bertz CT molecular complexity index is 1170. The largest absolute Gasteiger partial charge is 0.477 e. The van der Waals surface area contributed by atoms with Crippen molar-refractivity contribution in [3.8, 4) is 11.4 Å². The molecule has 4 heterocycles. The molecule has 0 aliphatic carbocycles. The van der Waals surface area contributed by atoms with Gasteiger partial charge in [-0.3, -0.25) is 14.8 Å². The van der Waals surface area contributed by atoms with Crippen molar-refractivity contribution in [3.05, 3.63) is 44.9 Å². The first kappa shape index (κ1) is 22.5. The van der Waals surface area contributed by atoms with Gasteiger partial charge in [-0.1, -0.05) is 41.5 Å². The number of rotatable bonds is 5. The maximum absolute atomic E-state index is 12.7. The van der Waals surface area contributed by atoms with E-state index in [0.717, 1.165) is 11.3 Å². The minimum atomic E-state index is -1.05. The van der Waals surface area contributed by atoms with Gasteiger partial charge in [0.05, 0.1) is 16.2 Å². The molecule has 0 saturated carbocycles. The number of hydrogen-bond acceptors (Lipinski definition) is 7. The third kappa shape index (κ3) is 4.30. The summed E-state index contributed by atoms with van der Waals surface area (Å²) in [6, 6.07) is -0.0736. The Kier molecular flexibility index (Phi) is 6.36. The number of anilines is 1. The first-order valence-electron chi connectivity index (χ1n) is 9.86. The molecule has 9 nitrogen and oxygen atoms in total. The van der Waals surface area contributed by atoms with Crippen molar-refractivity contribution in [1.82, 2.24) is 25.3 Å². The second-order valence-electron chi connectivity index (χ2n) is 7.61. The highest BCUT2D eigenvalue weighted by atomic mass is 35.5. The van der Waals surface area contributed by atoms with Crippen LogP contribution in [-0.2, 0) is 0 Å². The van der Waals surface area contributed by atoms with Gasteiger partial charge >= 0.3 is 5.97 Å². The van der Waals surface area contributed by atoms with Gasteiger partial charge in [0.25, 0.3) is 5.91 Å². The topological polar surface area (TPSA) is 124 Å². The van der Waals surface area contributed by atoms with Crippen LogP contribution in [0.3, 0.4) is 0 Å². The Balaban J connectivity index is 1.48. The molecule has 3 aromatic rings. The lowest BCUT2D eigenvalue weighted by molar-refractivity contribution is 0.0702. The molecule has 0 aromatic carbocycles. The lowest BCUT2D eigenvalue weighted by atomic mass is 9.94. The number of nitrogens with one attached hydrogen (secondary N) is 2. The predicted molar refractivity (Wildman–Crippen MR) is 123 cm³/mol. The number of aromatic amines is 1. The molecule has 12 heteroatoms. The number of piperidine rings is 1. The smallest absolute Gasteiger partial charge is 0.348 e. The molecule has 168 valence electrons. The summed E-state index contributed by atoms with van der Waals surface area (Å²) >= 11 is 13.4. The van der Waals surface area contributed by atoms with E-state index in [4.69, 9.17) is 23.2 Å². The second kappa shape index (κ2) is 9.05. The van der Waals surface area contributed by atoms with Crippen LogP contribution in [0.2, 0.25) is 10.0 Å². The second-order valence-corrected chi connectivity index (χ2v) is 9.35. The number of carboxylic acid groups (broad SMARTS) is 1. The Morgan fingerprint density at radius 1 is 1.31 bits per heavy atom. The van der Waals surface area contributed by atoms with Crippen LogP contribution in [0.4, 0.5) is 5.13 Å². The molecule has 1 aliphatic heterocycles. The van der Waals surface area contributed by atoms with E-state index in [2.05, 4.69) is 25.3 Å². The van der Waals surface area contributed by atoms with Crippen LogP contribution in [0, 0.1) is 12.8 Å². The van der Waals surface area contributed by atoms with E-state index in [9.17, 15) is 14.7 Å². The Morgan fingerprint density at radius 2 is 2.09 bits per heavy atom. The molecule has 1 amide bonds. The van der Waals surface area contributed by atoms with E-state index >= 15 is 0 Å². The van der Waals surface area contributed by atoms with Gasteiger partial charge < -0.3 is 20.3 Å². The van der Waals surface area contributed by atoms with E-state index in [1.54, 1.807) is 6.92 Å². The number of carbonyl (C=O) groups is 2. The fourth-order valence-electron chi connectivity index (χ4n) is 3.69. The van der Waals surface area contributed by atoms with Crippen LogP contribution in [-0.4, -0.2) is 56.1 Å². The molecule has 1 fully saturated rings. The molecule has 2 atom stereocenters. The van der Waals surface area contributed by atoms with Gasteiger partial charge in [0, 0.05) is 37.2 Å². The van der Waals surface area contributed by atoms with Crippen molar-refractivity contribution in [2.24, 2.45) is 5.92 Å². The summed E-state index contributed by atoms with van der Waals surface area (Å²) < 4.78 is 0. The van der Waals surface area contributed by atoms with E-state index in [1.165, 1.54) is 18.6 Å². The van der Waals surface area contributed by atoms with Crippen LogP contribution < -0.4 is 10.2 Å². The average Bonchev–Trinajstić information content (AvgIpc) is 3.33. The number of nitrogens with zero attached hydrogens (tertiary/aromatic N) is 4. The number of hydrogen-bond donors (Lipinski definition) is 3. The monoisotopic (exact) mass is 494 g/mol. The predicted octanol–water partition coefficient (Wildman–Crippen LogP) is 3.89. The van der Waals surface area contributed by atoms with Gasteiger partial charge in [-0.05, 0) is 19.3 Å². The lowest BCUT2D eigenvalue weighted by Crippen LogP contribution is -2.50. The highest BCUT2D eigenvalue weighted by molar-refractivity contribution is 7.17. The number of aromatic nitrogens is 4. The van der Waals surface area contributed by atoms with Crippen LogP contribution in [0.15, 0.2) is 18.6 Å². The first-order chi connectivity index (χ1) is 15.3. The molecular weight excluding hydrogens is 475 g/mol. The third-order valence-corrected chi connectivity index (χ3v) is 7.44. The van der Waals surface area contributed by atoms with E-state index < -0.39 is 5.97 Å². The third-order valence-electron chi connectivity index (χ3n) is 5.39. The highest BCUT2D eigenvalue weighted by Gasteiger charge is 2.31. The molecule has 0 unspecified atom stereocenters.